The zero-order valence-corrected chi connectivity index (χ0v) is 13.9. The predicted molar refractivity (Wildman–Crippen MR) is 87.8 cm³/mol. The summed E-state index contributed by atoms with van der Waals surface area (Å²) in [4.78, 5) is 22.8. The van der Waals surface area contributed by atoms with E-state index < -0.39 is 0 Å². The third kappa shape index (κ3) is 3.70. The molecule has 8 heteroatoms. The number of morpholine rings is 1. The van der Waals surface area contributed by atoms with E-state index in [9.17, 15) is 4.79 Å². The number of ether oxygens (including phenoxy) is 1. The lowest BCUT2D eigenvalue weighted by Gasteiger charge is -2.27. The Kier molecular flexibility index (Phi) is 5.05. The summed E-state index contributed by atoms with van der Waals surface area (Å²) in [5.41, 5.74) is 0.762. The van der Waals surface area contributed by atoms with Crippen molar-refractivity contribution in [3.05, 3.63) is 24.2 Å². The van der Waals surface area contributed by atoms with E-state index in [0.29, 0.717) is 19.0 Å². The van der Waals surface area contributed by atoms with Gasteiger partial charge in [0.15, 0.2) is 0 Å². The first kappa shape index (κ1) is 16.4. The average Bonchev–Trinajstić information content (AvgIpc) is 3.13. The molecule has 0 spiro atoms. The van der Waals surface area contributed by atoms with Crippen molar-refractivity contribution in [1.29, 1.82) is 0 Å². The van der Waals surface area contributed by atoms with Crippen molar-refractivity contribution in [3.8, 4) is 11.4 Å². The molecule has 24 heavy (non-hydrogen) atoms. The van der Waals surface area contributed by atoms with Crippen LogP contribution in [0.1, 0.15) is 31.0 Å². The van der Waals surface area contributed by atoms with Crippen LogP contribution in [0.15, 0.2) is 22.9 Å². The van der Waals surface area contributed by atoms with Gasteiger partial charge >= 0.3 is 11.8 Å². The highest BCUT2D eigenvalue weighted by molar-refractivity contribution is 5.90. The molecule has 1 aliphatic rings. The lowest BCUT2D eigenvalue weighted by Crippen LogP contribution is -2.36. The number of pyridine rings is 1. The van der Waals surface area contributed by atoms with Crippen LogP contribution in [-0.2, 0) is 4.74 Å². The second kappa shape index (κ2) is 7.39. The van der Waals surface area contributed by atoms with Gasteiger partial charge in [-0.15, -0.1) is 0 Å². The van der Waals surface area contributed by atoms with Gasteiger partial charge in [-0.3, -0.25) is 4.79 Å². The number of hydrogen-bond acceptors (Lipinski definition) is 7. The van der Waals surface area contributed by atoms with Crippen LogP contribution in [-0.4, -0.2) is 53.4 Å². The normalized spacial score (nSPS) is 16.0. The van der Waals surface area contributed by atoms with Crippen LogP contribution in [0.25, 0.3) is 11.4 Å². The Balaban J connectivity index is 1.76. The summed E-state index contributed by atoms with van der Waals surface area (Å²) in [6.45, 7) is 6.89. The molecule has 2 aromatic rings. The van der Waals surface area contributed by atoms with Crippen LogP contribution in [0.5, 0.6) is 0 Å². The van der Waals surface area contributed by atoms with Crippen LogP contribution in [0.3, 0.4) is 0 Å². The number of aromatic nitrogens is 3. The van der Waals surface area contributed by atoms with Gasteiger partial charge in [-0.25, -0.2) is 4.98 Å². The topological polar surface area (TPSA) is 93.4 Å². The van der Waals surface area contributed by atoms with Gasteiger partial charge in [0.2, 0.25) is 5.82 Å². The largest absolute Gasteiger partial charge is 0.378 e. The van der Waals surface area contributed by atoms with Crippen molar-refractivity contribution in [2.24, 2.45) is 0 Å². The second-order valence-electron chi connectivity index (χ2n) is 5.71. The van der Waals surface area contributed by atoms with Crippen molar-refractivity contribution < 1.29 is 14.1 Å². The standard InChI is InChI=1S/C16H21N5O3/c1-3-11(2)18-15(22)16-19-14(20-24-16)12-4-5-17-13(10-12)21-6-8-23-9-7-21/h4-5,10-11H,3,6-9H2,1-2H3,(H,18,22)/t11-/m1/s1. The summed E-state index contributed by atoms with van der Waals surface area (Å²) in [5, 5.41) is 6.71. The smallest absolute Gasteiger partial charge is 0.316 e. The van der Waals surface area contributed by atoms with E-state index >= 15 is 0 Å². The van der Waals surface area contributed by atoms with E-state index in [1.807, 2.05) is 19.9 Å². The second-order valence-corrected chi connectivity index (χ2v) is 5.71. The van der Waals surface area contributed by atoms with Gasteiger partial charge in [0.05, 0.1) is 13.2 Å². The highest BCUT2D eigenvalue weighted by atomic mass is 16.5. The van der Waals surface area contributed by atoms with Crippen molar-refractivity contribution in [3.63, 3.8) is 0 Å². The van der Waals surface area contributed by atoms with Gasteiger partial charge in [-0.1, -0.05) is 12.1 Å². The molecule has 0 bridgehead atoms. The van der Waals surface area contributed by atoms with E-state index in [1.165, 1.54) is 0 Å². The number of hydrogen-bond donors (Lipinski definition) is 1. The first-order chi connectivity index (χ1) is 11.7. The fourth-order valence-corrected chi connectivity index (χ4v) is 2.34. The highest BCUT2D eigenvalue weighted by Crippen LogP contribution is 2.21. The molecule has 2 aromatic heterocycles. The Morgan fingerprint density at radius 2 is 2.21 bits per heavy atom. The monoisotopic (exact) mass is 331 g/mol. The number of amides is 1. The van der Waals surface area contributed by atoms with E-state index in [0.717, 1.165) is 30.9 Å². The van der Waals surface area contributed by atoms with Gasteiger partial charge in [-0.05, 0) is 25.5 Å². The summed E-state index contributed by atoms with van der Waals surface area (Å²) in [6.07, 6.45) is 2.54. The van der Waals surface area contributed by atoms with Gasteiger partial charge in [0, 0.05) is 30.9 Å². The van der Waals surface area contributed by atoms with E-state index in [4.69, 9.17) is 9.26 Å². The molecular formula is C16H21N5O3. The lowest BCUT2D eigenvalue weighted by atomic mass is 10.2. The highest BCUT2D eigenvalue weighted by Gasteiger charge is 2.19. The fourth-order valence-electron chi connectivity index (χ4n) is 2.34. The molecule has 1 saturated heterocycles. The summed E-state index contributed by atoms with van der Waals surface area (Å²) >= 11 is 0. The van der Waals surface area contributed by atoms with E-state index in [2.05, 4.69) is 25.3 Å². The van der Waals surface area contributed by atoms with Crippen molar-refractivity contribution in [2.45, 2.75) is 26.3 Å². The number of carbonyl (C=O) groups excluding carboxylic acids is 1. The quantitative estimate of drug-likeness (QED) is 0.887. The van der Waals surface area contributed by atoms with Crippen molar-refractivity contribution in [1.82, 2.24) is 20.4 Å². The van der Waals surface area contributed by atoms with Gasteiger partial charge < -0.3 is 19.5 Å². The molecule has 3 heterocycles. The fraction of sp³-hybridized carbons (Fsp3) is 0.500. The molecule has 1 aliphatic heterocycles. The number of anilines is 1. The third-order valence-corrected chi connectivity index (χ3v) is 3.95. The average molecular weight is 331 g/mol. The molecule has 1 atom stereocenters. The molecule has 0 aliphatic carbocycles. The van der Waals surface area contributed by atoms with Crippen molar-refractivity contribution >= 4 is 11.7 Å². The summed E-state index contributed by atoms with van der Waals surface area (Å²) < 4.78 is 10.4. The molecule has 0 radical (unpaired) electrons. The summed E-state index contributed by atoms with van der Waals surface area (Å²) in [7, 11) is 0. The third-order valence-electron chi connectivity index (χ3n) is 3.95. The Labute approximate surface area is 140 Å². The van der Waals surface area contributed by atoms with Crippen molar-refractivity contribution in [2.75, 3.05) is 31.2 Å². The van der Waals surface area contributed by atoms with Crippen LogP contribution in [0.4, 0.5) is 5.82 Å². The molecule has 3 rings (SSSR count). The molecule has 0 unspecified atom stereocenters. The Morgan fingerprint density at radius 3 is 2.96 bits per heavy atom. The Bertz CT molecular complexity index is 697. The van der Waals surface area contributed by atoms with E-state index in [-0.39, 0.29) is 17.8 Å². The number of rotatable bonds is 5. The summed E-state index contributed by atoms with van der Waals surface area (Å²) in [6, 6.07) is 3.75. The van der Waals surface area contributed by atoms with Crippen LogP contribution < -0.4 is 10.2 Å². The Hall–Kier alpha value is -2.48. The minimum atomic E-state index is -0.356. The molecule has 8 nitrogen and oxygen atoms in total. The number of nitrogens with one attached hydrogen (secondary N) is 1. The minimum absolute atomic E-state index is 0.0324. The Morgan fingerprint density at radius 1 is 1.42 bits per heavy atom. The maximum Gasteiger partial charge on any atom is 0.316 e. The molecule has 1 fully saturated rings. The van der Waals surface area contributed by atoms with E-state index in [1.54, 1.807) is 12.3 Å². The molecule has 0 saturated carbocycles. The molecule has 0 aromatic carbocycles. The first-order valence-electron chi connectivity index (χ1n) is 8.11. The lowest BCUT2D eigenvalue weighted by molar-refractivity contribution is 0.0895. The van der Waals surface area contributed by atoms with Gasteiger partial charge in [0.25, 0.3) is 0 Å². The predicted octanol–water partition coefficient (Wildman–Crippen LogP) is 1.50. The molecule has 128 valence electrons. The van der Waals surface area contributed by atoms with Gasteiger partial charge in [0.1, 0.15) is 5.82 Å². The van der Waals surface area contributed by atoms with Gasteiger partial charge in [-0.2, -0.15) is 4.98 Å². The summed E-state index contributed by atoms with van der Waals surface area (Å²) in [5.74, 6) is 0.827. The van der Waals surface area contributed by atoms with Crippen LogP contribution >= 0.6 is 0 Å². The minimum Gasteiger partial charge on any atom is -0.378 e. The molecular weight excluding hydrogens is 310 g/mol. The number of nitrogens with zero attached hydrogens (tertiary/aromatic N) is 4. The maximum atomic E-state index is 12.0. The zero-order chi connectivity index (χ0) is 16.9. The zero-order valence-electron chi connectivity index (χ0n) is 13.9. The molecule has 1 N–H and O–H groups in total. The maximum absolute atomic E-state index is 12.0. The van der Waals surface area contributed by atoms with Crippen LogP contribution in [0, 0.1) is 0 Å². The van der Waals surface area contributed by atoms with Crippen LogP contribution in [0.2, 0.25) is 0 Å². The SMILES string of the molecule is CC[C@@H](C)NC(=O)c1nc(-c2ccnc(N3CCOCC3)c2)no1. The first-order valence-corrected chi connectivity index (χ1v) is 8.11. The number of carbonyl (C=O) groups is 1. The molecule has 1 amide bonds.